The summed E-state index contributed by atoms with van der Waals surface area (Å²) in [4.78, 5) is 29.7. The zero-order valence-electron chi connectivity index (χ0n) is 27.0. The van der Waals surface area contributed by atoms with Crippen LogP contribution in [0.15, 0.2) is 42.6 Å². The fraction of sp³-hybridized carbons (Fsp3) is 0.343. The highest BCUT2D eigenvalue weighted by molar-refractivity contribution is 7.23. The molecule has 0 bridgehead atoms. The van der Waals surface area contributed by atoms with Crippen molar-refractivity contribution in [3.05, 3.63) is 64.8 Å². The van der Waals surface area contributed by atoms with Gasteiger partial charge >= 0.3 is 6.01 Å². The number of carbonyl (C=O) groups is 1. The number of hydrogen-bond acceptors (Lipinski definition) is 10. The summed E-state index contributed by atoms with van der Waals surface area (Å²) >= 11 is 7.69. The second-order valence-electron chi connectivity index (χ2n) is 12.7. The third-order valence-electron chi connectivity index (χ3n) is 9.46. The predicted octanol–water partition coefficient (Wildman–Crippen LogP) is 7.10. The minimum Gasteiger partial charge on any atom is -0.461 e. The van der Waals surface area contributed by atoms with Gasteiger partial charge in [-0.2, -0.15) is 15.2 Å². The van der Waals surface area contributed by atoms with Gasteiger partial charge in [0, 0.05) is 55.5 Å². The van der Waals surface area contributed by atoms with Gasteiger partial charge in [0.1, 0.15) is 46.8 Å². The summed E-state index contributed by atoms with van der Waals surface area (Å²) in [5.41, 5.74) is 5.57. The van der Waals surface area contributed by atoms with Crippen LogP contribution in [-0.2, 0) is 4.79 Å². The maximum atomic E-state index is 16.9. The van der Waals surface area contributed by atoms with Crippen LogP contribution in [0.2, 0.25) is 5.02 Å². The Labute approximate surface area is 294 Å². The number of anilines is 3. The molecule has 2 fully saturated rings. The highest BCUT2D eigenvalue weighted by atomic mass is 35.5. The minimum absolute atomic E-state index is 0.0151. The first-order valence-electron chi connectivity index (χ1n) is 16.1. The van der Waals surface area contributed by atoms with Gasteiger partial charge in [0.2, 0.25) is 5.91 Å². The van der Waals surface area contributed by atoms with Gasteiger partial charge in [-0.3, -0.25) is 9.69 Å². The number of halogens is 4. The number of rotatable bonds is 10. The number of nitrogens with one attached hydrogen (secondary N) is 1. The molecule has 258 valence electrons. The number of nitrogen functional groups attached to an aromatic ring is 1. The molecule has 3 N–H and O–H groups in total. The van der Waals surface area contributed by atoms with E-state index in [4.69, 9.17) is 22.1 Å². The van der Waals surface area contributed by atoms with E-state index in [-0.39, 0.29) is 72.6 Å². The van der Waals surface area contributed by atoms with E-state index in [1.807, 2.05) is 6.07 Å². The fourth-order valence-corrected chi connectivity index (χ4v) is 8.39. The zero-order valence-corrected chi connectivity index (χ0v) is 28.6. The zero-order chi connectivity index (χ0) is 35.2. The lowest BCUT2D eigenvalue weighted by Gasteiger charge is -2.31. The lowest BCUT2D eigenvalue weighted by molar-refractivity contribution is -0.116. The van der Waals surface area contributed by atoms with Crippen molar-refractivity contribution >= 4 is 66.5 Å². The topological polar surface area (TPSA) is 133 Å². The van der Waals surface area contributed by atoms with Gasteiger partial charge in [-0.05, 0) is 55.6 Å². The second-order valence-corrected chi connectivity index (χ2v) is 14.1. The summed E-state index contributed by atoms with van der Waals surface area (Å²) in [5.74, 6) is -0.886. The quantitative estimate of drug-likeness (QED) is 0.155. The molecule has 5 heterocycles. The Morgan fingerprint density at radius 2 is 2.14 bits per heavy atom. The maximum absolute atomic E-state index is 16.9. The molecule has 7 rings (SSSR count). The van der Waals surface area contributed by atoms with E-state index in [0.717, 1.165) is 30.7 Å². The third-order valence-corrected chi connectivity index (χ3v) is 10.8. The van der Waals surface area contributed by atoms with Crippen LogP contribution >= 0.6 is 22.9 Å². The van der Waals surface area contributed by atoms with Crippen molar-refractivity contribution in [1.82, 2.24) is 19.9 Å². The second kappa shape index (κ2) is 13.5. The monoisotopic (exact) mass is 720 g/mol. The standard InChI is InChI=1S/C35H32ClF3N8O2S/c1-46(12-4-7-26(48)43-25-6-2-3-11-42-25)33-21-14-23(36)28(20-8-9-24(38)31-27(20)22(16-40)32(41)50-31)29(39)30(21)44-34(45-33)49-18-35-10-5-13-47(35)17-19(37)15-35/h2-3,6,8-9,11,14,19H,4-5,7,10,12-13,15,17-18,41H2,1H3,(H,42,43,48)/t19-,35+/m1/s1. The maximum Gasteiger partial charge on any atom is 0.319 e. The van der Waals surface area contributed by atoms with Gasteiger partial charge in [-0.15, -0.1) is 11.3 Å². The van der Waals surface area contributed by atoms with Crippen molar-refractivity contribution < 1.29 is 22.7 Å². The predicted molar refractivity (Wildman–Crippen MR) is 188 cm³/mol. The Morgan fingerprint density at radius 1 is 1.30 bits per heavy atom. The summed E-state index contributed by atoms with van der Waals surface area (Å²) in [6, 6.07) is 11.2. The molecule has 3 aromatic heterocycles. The highest BCUT2D eigenvalue weighted by Crippen LogP contribution is 2.46. The number of nitrogens with two attached hydrogens (primary N) is 1. The van der Waals surface area contributed by atoms with E-state index >= 15 is 4.39 Å². The van der Waals surface area contributed by atoms with Crippen molar-refractivity contribution in [3.8, 4) is 23.2 Å². The Kier molecular flexibility index (Phi) is 9.15. The summed E-state index contributed by atoms with van der Waals surface area (Å²) in [5, 5.41) is 13.1. The minimum atomic E-state index is -0.966. The number of benzene rings is 2. The molecule has 50 heavy (non-hydrogen) atoms. The molecular weight excluding hydrogens is 689 g/mol. The molecule has 10 nitrogen and oxygen atoms in total. The average molecular weight is 721 g/mol. The Morgan fingerprint density at radius 3 is 2.92 bits per heavy atom. The fourth-order valence-electron chi connectivity index (χ4n) is 7.14. The lowest BCUT2D eigenvalue weighted by atomic mass is 9.95. The number of thiophene rings is 1. The Hall–Kier alpha value is -4.71. The van der Waals surface area contributed by atoms with E-state index in [1.165, 1.54) is 18.2 Å². The number of pyridine rings is 1. The number of nitrogens with zero attached hydrogens (tertiary/aromatic N) is 6. The van der Waals surface area contributed by atoms with Crippen LogP contribution < -0.4 is 20.7 Å². The molecule has 1 amide bonds. The van der Waals surface area contributed by atoms with Gasteiger partial charge in [0.15, 0.2) is 5.82 Å². The van der Waals surface area contributed by atoms with Crippen LogP contribution in [0.25, 0.3) is 32.1 Å². The molecule has 2 aromatic carbocycles. The molecule has 15 heteroatoms. The van der Waals surface area contributed by atoms with Crippen LogP contribution in [0.3, 0.4) is 0 Å². The van der Waals surface area contributed by atoms with Crippen molar-refractivity contribution in [1.29, 1.82) is 5.26 Å². The van der Waals surface area contributed by atoms with Gasteiger partial charge in [0.25, 0.3) is 0 Å². The summed E-state index contributed by atoms with van der Waals surface area (Å²) in [6.45, 7) is 1.58. The number of hydrogen-bond donors (Lipinski definition) is 2. The van der Waals surface area contributed by atoms with Gasteiger partial charge in [-0.25, -0.2) is 18.2 Å². The van der Waals surface area contributed by atoms with Crippen LogP contribution in [0, 0.1) is 23.0 Å². The molecule has 0 saturated carbocycles. The van der Waals surface area contributed by atoms with Crippen LogP contribution in [0.5, 0.6) is 6.01 Å². The average Bonchev–Trinajstić information content (AvgIpc) is 3.74. The Balaban J connectivity index is 1.27. The molecule has 0 radical (unpaired) electrons. The number of nitriles is 1. The normalized spacial score (nSPS) is 18.8. The number of amides is 1. The number of aromatic nitrogens is 3. The first-order valence-corrected chi connectivity index (χ1v) is 17.3. The molecular formula is C35H32ClF3N8O2S. The SMILES string of the molecule is CN(CCCC(=O)Nc1ccccn1)c1nc(OC[C@@]23CCCN2C[C@H](F)C3)nc2c(F)c(-c3ccc(F)c4sc(N)c(C#N)c34)c(Cl)cc12. The summed E-state index contributed by atoms with van der Waals surface area (Å²) in [6.07, 6.45) is 3.22. The summed E-state index contributed by atoms with van der Waals surface area (Å²) in [7, 11) is 1.75. The van der Waals surface area contributed by atoms with Gasteiger partial charge in [0.05, 0.1) is 20.8 Å². The molecule has 5 aromatic rings. The van der Waals surface area contributed by atoms with Crippen molar-refractivity contribution in [2.24, 2.45) is 0 Å². The van der Waals surface area contributed by atoms with Crippen LogP contribution in [0.1, 0.15) is 37.7 Å². The Bertz CT molecular complexity index is 2160. The smallest absolute Gasteiger partial charge is 0.319 e. The number of fused-ring (bicyclic) bond motifs is 3. The number of ether oxygens (including phenoxy) is 1. The van der Waals surface area contributed by atoms with E-state index in [0.29, 0.717) is 37.6 Å². The molecule has 0 spiro atoms. The molecule has 2 saturated heterocycles. The van der Waals surface area contributed by atoms with Crippen molar-refractivity contribution in [2.75, 3.05) is 49.2 Å². The summed E-state index contributed by atoms with van der Waals surface area (Å²) < 4.78 is 52.6. The van der Waals surface area contributed by atoms with Crippen LogP contribution in [-0.4, -0.2) is 70.8 Å². The first kappa shape index (κ1) is 33.8. The van der Waals surface area contributed by atoms with E-state index in [2.05, 4.69) is 25.2 Å². The largest absolute Gasteiger partial charge is 0.461 e. The van der Waals surface area contributed by atoms with Gasteiger partial charge in [-0.1, -0.05) is 23.7 Å². The molecule has 2 aliphatic heterocycles. The van der Waals surface area contributed by atoms with Crippen LogP contribution in [0.4, 0.5) is 29.8 Å². The van der Waals surface area contributed by atoms with E-state index < -0.39 is 23.3 Å². The molecule has 2 aliphatic rings. The lowest BCUT2D eigenvalue weighted by Crippen LogP contribution is -2.43. The molecule has 0 aliphatic carbocycles. The molecule has 2 atom stereocenters. The van der Waals surface area contributed by atoms with Crippen molar-refractivity contribution in [3.63, 3.8) is 0 Å². The molecule has 0 unspecified atom stereocenters. The number of alkyl halides is 1. The number of carbonyl (C=O) groups excluding carboxylic acids is 1. The first-order chi connectivity index (χ1) is 24.1. The van der Waals surface area contributed by atoms with Gasteiger partial charge < -0.3 is 20.7 Å². The highest BCUT2D eigenvalue weighted by Gasteiger charge is 2.49. The van der Waals surface area contributed by atoms with E-state index in [9.17, 15) is 18.8 Å². The van der Waals surface area contributed by atoms with E-state index in [1.54, 1.807) is 36.3 Å². The third kappa shape index (κ3) is 6.14. The van der Waals surface area contributed by atoms with Crippen molar-refractivity contribution in [2.45, 2.75) is 43.8 Å².